The van der Waals surface area contributed by atoms with Gasteiger partial charge in [0, 0.05) is 18.9 Å². The first-order valence-electron chi connectivity index (χ1n) is 6.05. The molecular formula is C12H18F3NO3. The minimum absolute atomic E-state index is 0.0776. The van der Waals surface area contributed by atoms with Crippen molar-refractivity contribution in [1.82, 2.24) is 5.32 Å². The number of ketones is 1. The Bertz CT molecular complexity index is 360. The van der Waals surface area contributed by atoms with Crippen molar-refractivity contribution in [2.75, 3.05) is 0 Å². The molecule has 1 aliphatic rings. The molecule has 19 heavy (non-hydrogen) atoms. The number of nitrogens with one attached hydrogen (secondary N) is 1. The van der Waals surface area contributed by atoms with Crippen LogP contribution >= 0.6 is 0 Å². The van der Waals surface area contributed by atoms with Gasteiger partial charge in [0.15, 0.2) is 0 Å². The molecular weight excluding hydrogens is 263 g/mol. The van der Waals surface area contributed by atoms with E-state index in [1.807, 2.05) is 0 Å². The first-order chi connectivity index (χ1) is 8.47. The first kappa shape index (κ1) is 15.8. The number of hydrogen-bond acceptors (Lipinski definition) is 3. The maximum atomic E-state index is 12.6. The van der Waals surface area contributed by atoms with Crippen LogP contribution in [0.15, 0.2) is 0 Å². The Kier molecular flexibility index (Phi) is 4.47. The van der Waals surface area contributed by atoms with Crippen LogP contribution in [0.1, 0.15) is 40.0 Å². The van der Waals surface area contributed by atoms with Crippen molar-refractivity contribution in [1.29, 1.82) is 0 Å². The zero-order valence-corrected chi connectivity index (χ0v) is 11.1. The molecule has 0 aromatic heterocycles. The zero-order chi connectivity index (χ0) is 14.8. The van der Waals surface area contributed by atoms with Crippen LogP contribution in [-0.2, 0) is 9.53 Å². The van der Waals surface area contributed by atoms with Crippen LogP contribution in [0.4, 0.5) is 18.0 Å². The van der Waals surface area contributed by atoms with Crippen LogP contribution in [0.25, 0.3) is 0 Å². The Labute approximate surface area is 109 Å². The number of ether oxygens (including phenoxy) is 1. The largest absolute Gasteiger partial charge is 0.444 e. The summed E-state index contributed by atoms with van der Waals surface area (Å²) >= 11 is 0. The predicted molar refractivity (Wildman–Crippen MR) is 61.6 cm³/mol. The van der Waals surface area contributed by atoms with E-state index in [-0.39, 0.29) is 12.8 Å². The Balaban J connectivity index is 2.59. The van der Waals surface area contributed by atoms with Crippen LogP contribution < -0.4 is 5.32 Å². The van der Waals surface area contributed by atoms with E-state index in [0.29, 0.717) is 0 Å². The van der Waals surface area contributed by atoms with Gasteiger partial charge in [-0.15, -0.1) is 0 Å². The highest BCUT2D eigenvalue weighted by molar-refractivity contribution is 5.81. The van der Waals surface area contributed by atoms with Crippen LogP contribution in [0.3, 0.4) is 0 Å². The van der Waals surface area contributed by atoms with Crippen molar-refractivity contribution in [3.05, 3.63) is 0 Å². The molecule has 1 fully saturated rings. The second-order valence-corrected chi connectivity index (χ2v) is 5.76. The molecule has 0 aromatic rings. The lowest BCUT2D eigenvalue weighted by atomic mass is 9.84. The maximum absolute atomic E-state index is 12.6. The van der Waals surface area contributed by atoms with Crippen LogP contribution in [0.5, 0.6) is 0 Å². The highest BCUT2D eigenvalue weighted by atomic mass is 19.4. The number of carbonyl (C=O) groups excluding carboxylic acids is 2. The van der Waals surface area contributed by atoms with E-state index in [1.165, 1.54) is 0 Å². The van der Waals surface area contributed by atoms with Gasteiger partial charge in [0.2, 0.25) is 0 Å². The molecule has 0 unspecified atom stereocenters. The maximum Gasteiger partial charge on any atom is 0.407 e. The number of Topliss-reactive ketones (excluding diaryl/α,β-unsaturated/α-hetero) is 1. The van der Waals surface area contributed by atoms with Gasteiger partial charge in [-0.2, -0.15) is 13.2 Å². The smallest absolute Gasteiger partial charge is 0.407 e. The summed E-state index contributed by atoms with van der Waals surface area (Å²) in [6.45, 7) is 4.95. The Morgan fingerprint density at radius 2 is 1.84 bits per heavy atom. The van der Waals surface area contributed by atoms with Gasteiger partial charge in [0.1, 0.15) is 11.4 Å². The number of alkyl carbamates (subject to hydrolysis) is 1. The van der Waals surface area contributed by atoms with Crippen molar-refractivity contribution >= 4 is 11.9 Å². The third-order valence-electron chi connectivity index (χ3n) is 2.70. The summed E-state index contributed by atoms with van der Waals surface area (Å²) in [5, 5.41) is 2.33. The molecule has 1 rings (SSSR count). The molecule has 0 aromatic carbocycles. The average Bonchev–Trinajstić information content (AvgIpc) is 2.11. The van der Waals surface area contributed by atoms with Crippen LogP contribution in [0.2, 0.25) is 0 Å². The lowest BCUT2D eigenvalue weighted by Crippen LogP contribution is -2.45. The molecule has 110 valence electrons. The topological polar surface area (TPSA) is 55.4 Å². The second-order valence-electron chi connectivity index (χ2n) is 5.76. The standard InChI is InChI=1S/C12H18F3NO3/c1-11(2,3)19-10(18)16-8-4-7(12(13,14)15)5-9(17)6-8/h7-8H,4-6H2,1-3H3,(H,16,18)/t7-,8+/m1/s1. The number of halogens is 3. The van der Waals surface area contributed by atoms with E-state index in [4.69, 9.17) is 4.74 Å². The van der Waals surface area contributed by atoms with Crippen molar-refractivity contribution < 1.29 is 27.5 Å². The van der Waals surface area contributed by atoms with Gasteiger partial charge < -0.3 is 10.1 Å². The number of carbonyl (C=O) groups is 2. The van der Waals surface area contributed by atoms with Gasteiger partial charge in [-0.3, -0.25) is 4.79 Å². The monoisotopic (exact) mass is 281 g/mol. The van der Waals surface area contributed by atoms with Crippen LogP contribution in [0, 0.1) is 5.92 Å². The third kappa shape index (κ3) is 5.48. The Morgan fingerprint density at radius 3 is 2.32 bits per heavy atom. The molecule has 7 heteroatoms. The zero-order valence-electron chi connectivity index (χ0n) is 11.1. The van der Waals surface area contributed by atoms with Crippen LogP contribution in [-0.4, -0.2) is 29.7 Å². The summed E-state index contributed by atoms with van der Waals surface area (Å²) in [5.41, 5.74) is -0.730. The number of alkyl halides is 3. The minimum Gasteiger partial charge on any atom is -0.444 e. The second kappa shape index (κ2) is 5.38. The minimum atomic E-state index is -4.41. The molecule has 0 saturated heterocycles. The highest BCUT2D eigenvalue weighted by Crippen LogP contribution is 2.36. The highest BCUT2D eigenvalue weighted by Gasteiger charge is 2.45. The Hall–Kier alpha value is -1.27. The number of hydrogen-bond donors (Lipinski definition) is 1. The van der Waals surface area contributed by atoms with Crippen molar-refractivity contribution in [2.24, 2.45) is 5.92 Å². The third-order valence-corrected chi connectivity index (χ3v) is 2.70. The quantitative estimate of drug-likeness (QED) is 0.804. The van der Waals surface area contributed by atoms with Crippen molar-refractivity contribution in [3.8, 4) is 0 Å². The van der Waals surface area contributed by atoms with E-state index in [1.54, 1.807) is 20.8 Å². The molecule has 4 nitrogen and oxygen atoms in total. The molecule has 1 saturated carbocycles. The average molecular weight is 281 g/mol. The van der Waals surface area contributed by atoms with Crippen molar-refractivity contribution in [2.45, 2.75) is 57.9 Å². The summed E-state index contributed by atoms with van der Waals surface area (Å²) in [6.07, 6.45) is -6.08. The molecule has 0 bridgehead atoms. The molecule has 1 amide bonds. The lowest BCUT2D eigenvalue weighted by molar-refractivity contribution is -0.185. The summed E-state index contributed by atoms with van der Waals surface area (Å²) < 4.78 is 42.8. The van der Waals surface area contributed by atoms with E-state index >= 15 is 0 Å². The number of amides is 1. The normalized spacial score (nSPS) is 25.1. The fourth-order valence-corrected chi connectivity index (χ4v) is 1.98. The molecule has 0 spiro atoms. The molecule has 0 aliphatic heterocycles. The molecule has 1 N–H and O–H groups in total. The van der Waals surface area contributed by atoms with Gasteiger partial charge in [0.05, 0.1) is 5.92 Å². The van der Waals surface area contributed by atoms with E-state index in [0.717, 1.165) is 0 Å². The lowest BCUT2D eigenvalue weighted by Gasteiger charge is -2.30. The first-order valence-corrected chi connectivity index (χ1v) is 6.05. The summed E-state index contributed by atoms with van der Waals surface area (Å²) in [5.74, 6) is -2.18. The molecule has 0 radical (unpaired) electrons. The van der Waals surface area contributed by atoms with Gasteiger partial charge in [-0.1, -0.05) is 0 Å². The Morgan fingerprint density at radius 1 is 1.26 bits per heavy atom. The fraction of sp³-hybridized carbons (Fsp3) is 0.833. The summed E-state index contributed by atoms with van der Waals surface area (Å²) in [7, 11) is 0. The van der Waals surface area contributed by atoms with Crippen molar-refractivity contribution in [3.63, 3.8) is 0 Å². The number of rotatable bonds is 1. The van der Waals surface area contributed by atoms with Gasteiger partial charge in [-0.25, -0.2) is 4.79 Å². The SMILES string of the molecule is CC(C)(C)OC(=O)N[C@@H]1CC(=O)C[C@H](C(F)(F)F)C1. The summed E-state index contributed by atoms with van der Waals surface area (Å²) in [4.78, 5) is 22.8. The van der Waals surface area contributed by atoms with Gasteiger partial charge >= 0.3 is 12.3 Å². The van der Waals surface area contributed by atoms with Gasteiger partial charge in [0.25, 0.3) is 0 Å². The molecule has 0 heterocycles. The summed E-state index contributed by atoms with van der Waals surface area (Å²) in [6, 6.07) is -0.817. The van der Waals surface area contributed by atoms with E-state index in [2.05, 4.69) is 5.32 Å². The van der Waals surface area contributed by atoms with E-state index in [9.17, 15) is 22.8 Å². The molecule has 1 aliphatic carbocycles. The fourth-order valence-electron chi connectivity index (χ4n) is 1.98. The van der Waals surface area contributed by atoms with Gasteiger partial charge in [-0.05, 0) is 27.2 Å². The van der Waals surface area contributed by atoms with E-state index < -0.39 is 42.0 Å². The predicted octanol–water partition coefficient (Wildman–Crippen LogP) is 2.81. The molecule has 2 atom stereocenters.